The van der Waals surface area contributed by atoms with Crippen molar-refractivity contribution in [3.63, 3.8) is 0 Å². The Morgan fingerprint density at radius 3 is 2.71 bits per heavy atom. The maximum Gasteiger partial charge on any atom is 0.254 e. The van der Waals surface area contributed by atoms with Gasteiger partial charge in [0.15, 0.2) is 0 Å². The molecule has 1 fully saturated rings. The lowest BCUT2D eigenvalue weighted by atomic mass is 10.0. The number of carbonyl (C=O) groups excluding carboxylic acids is 2. The van der Waals surface area contributed by atoms with E-state index in [-0.39, 0.29) is 18.2 Å². The number of amides is 2. The lowest BCUT2D eigenvalue weighted by Crippen LogP contribution is -2.38. The fourth-order valence-electron chi connectivity index (χ4n) is 2.28. The number of anilines is 1. The van der Waals surface area contributed by atoms with Crippen LogP contribution in [0.25, 0.3) is 0 Å². The van der Waals surface area contributed by atoms with E-state index < -0.39 is 0 Å². The molecule has 1 saturated heterocycles. The number of rotatable bonds is 4. The molecule has 0 bridgehead atoms. The summed E-state index contributed by atoms with van der Waals surface area (Å²) in [6.45, 7) is 3.75. The van der Waals surface area contributed by atoms with E-state index in [1.54, 1.807) is 6.07 Å². The predicted octanol–water partition coefficient (Wildman–Crippen LogP) is 1.47. The van der Waals surface area contributed by atoms with Crippen LogP contribution in [0.2, 0.25) is 0 Å². The van der Waals surface area contributed by atoms with Gasteiger partial charge in [0.2, 0.25) is 5.91 Å². The summed E-state index contributed by atoms with van der Waals surface area (Å²) >= 11 is 1.87. The van der Waals surface area contributed by atoms with Gasteiger partial charge in [0.05, 0.1) is 0 Å². The monoisotopic (exact) mass is 307 g/mol. The van der Waals surface area contributed by atoms with Gasteiger partial charge >= 0.3 is 0 Å². The van der Waals surface area contributed by atoms with Crippen LogP contribution in [0.5, 0.6) is 0 Å². The maximum absolute atomic E-state index is 12.6. The Morgan fingerprint density at radius 1 is 1.33 bits per heavy atom. The number of carbonyl (C=O) groups is 2. The Labute approximate surface area is 129 Å². The SMILES string of the molecule is Cc1c(NC(=O)CCN)cccc1C(=O)N1CCSCC1. The van der Waals surface area contributed by atoms with E-state index in [1.807, 2.05) is 35.7 Å². The number of benzene rings is 1. The van der Waals surface area contributed by atoms with Gasteiger partial charge in [0.1, 0.15) is 0 Å². The van der Waals surface area contributed by atoms with Gasteiger partial charge in [-0.3, -0.25) is 9.59 Å². The molecule has 0 saturated carbocycles. The number of nitrogens with two attached hydrogens (primary N) is 1. The van der Waals surface area contributed by atoms with E-state index in [0.717, 1.165) is 30.2 Å². The molecule has 0 spiro atoms. The molecule has 1 aromatic carbocycles. The Hall–Kier alpha value is -1.53. The number of thioether (sulfide) groups is 1. The molecule has 114 valence electrons. The first-order valence-corrected chi connectivity index (χ1v) is 8.25. The normalized spacial score (nSPS) is 14.9. The Balaban J connectivity index is 2.16. The van der Waals surface area contributed by atoms with Gasteiger partial charge in [-0.25, -0.2) is 0 Å². The lowest BCUT2D eigenvalue weighted by Gasteiger charge is -2.27. The van der Waals surface area contributed by atoms with Crippen LogP contribution < -0.4 is 11.1 Å². The highest BCUT2D eigenvalue weighted by atomic mass is 32.2. The van der Waals surface area contributed by atoms with Gasteiger partial charge in [-0.05, 0) is 24.6 Å². The minimum absolute atomic E-state index is 0.0442. The van der Waals surface area contributed by atoms with E-state index in [9.17, 15) is 9.59 Å². The molecule has 0 atom stereocenters. The zero-order valence-electron chi connectivity index (χ0n) is 12.2. The largest absolute Gasteiger partial charge is 0.337 e. The molecular formula is C15H21N3O2S. The third kappa shape index (κ3) is 3.98. The van der Waals surface area contributed by atoms with Crippen LogP contribution in [0.4, 0.5) is 5.69 Å². The molecule has 0 aliphatic carbocycles. The van der Waals surface area contributed by atoms with Crippen LogP contribution in [-0.4, -0.2) is 47.9 Å². The first-order chi connectivity index (χ1) is 10.1. The van der Waals surface area contributed by atoms with Crippen molar-refractivity contribution >= 4 is 29.3 Å². The predicted molar refractivity (Wildman–Crippen MR) is 86.7 cm³/mol. The molecule has 1 aliphatic heterocycles. The van der Waals surface area contributed by atoms with E-state index in [1.165, 1.54) is 0 Å². The molecule has 5 nitrogen and oxygen atoms in total. The van der Waals surface area contributed by atoms with Crippen molar-refractivity contribution in [3.05, 3.63) is 29.3 Å². The van der Waals surface area contributed by atoms with Gasteiger partial charge in [-0.1, -0.05) is 6.07 Å². The standard InChI is InChI=1S/C15H21N3O2S/c1-11-12(15(20)18-7-9-21-10-8-18)3-2-4-13(11)17-14(19)5-6-16/h2-4H,5-10,16H2,1H3,(H,17,19). The quantitative estimate of drug-likeness (QED) is 0.883. The van der Waals surface area contributed by atoms with Crippen LogP contribution in [0, 0.1) is 6.92 Å². The van der Waals surface area contributed by atoms with E-state index in [4.69, 9.17) is 5.73 Å². The van der Waals surface area contributed by atoms with Gasteiger partial charge < -0.3 is 16.0 Å². The molecule has 21 heavy (non-hydrogen) atoms. The highest BCUT2D eigenvalue weighted by Crippen LogP contribution is 2.22. The first-order valence-electron chi connectivity index (χ1n) is 7.10. The highest BCUT2D eigenvalue weighted by molar-refractivity contribution is 7.99. The smallest absolute Gasteiger partial charge is 0.254 e. The van der Waals surface area contributed by atoms with E-state index in [2.05, 4.69) is 5.32 Å². The van der Waals surface area contributed by atoms with Gasteiger partial charge in [0, 0.05) is 48.8 Å². The Bertz CT molecular complexity index is 528. The average Bonchev–Trinajstić information content (AvgIpc) is 2.50. The zero-order valence-corrected chi connectivity index (χ0v) is 13.0. The molecule has 6 heteroatoms. The third-order valence-corrected chi connectivity index (χ3v) is 4.45. The molecule has 2 rings (SSSR count). The second-order valence-electron chi connectivity index (χ2n) is 4.97. The number of hydrogen-bond acceptors (Lipinski definition) is 4. The molecule has 0 unspecified atom stereocenters. The summed E-state index contributed by atoms with van der Waals surface area (Å²) in [6.07, 6.45) is 0.279. The minimum Gasteiger partial charge on any atom is -0.337 e. The van der Waals surface area contributed by atoms with Crippen molar-refractivity contribution < 1.29 is 9.59 Å². The zero-order chi connectivity index (χ0) is 15.2. The van der Waals surface area contributed by atoms with Gasteiger partial charge in [-0.15, -0.1) is 0 Å². The molecule has 0 aromatic heterocycles. The van der Waals surface area contributed by atoms with Crippen LogP contribution in [0.1, 0.15) is 22.3 Å². The summed E-state index contributed by atoms with van der Waals surface area (Å²) in [6, 6.07) is 5.43. The molecule has 2 amide bonds. The topological polar surface area (TPSA) is 75.4 Å². The molecule has 1 aromatic rings. The molecule has 1 heterocycles. The number of nitrogens with zero attached hydrogens (tertiary/aromatic N) is 1. The van der Waals surface area contributed by atoms with E-state index >= 15 is 0 Å². The lowest BCUT2D eigenvalue weighted by molar-refractivity contribution is -0.116. The summed E-state index contributed by atoms with van der Waals surface area (Å²) in [5.41, 5.74) is 7.53. The van der Waals surface area contributed by atoms with Crippen molar-refractivity contribution in [3.8, 4) is 0 Å². The van der Waals surface area contributed by atoms with Crippen molar-refractivity contribution in [2.24, 2.45) is 5.73 Å². The van der Waals surface area contributed by atoms with Gasteiger partial charge in [-0.2, -0.15) is 11.8 Å². The number of nitrogens with one attached hydrogen (secondary N) is 1. The maximum atomic E-state index is 12.6. The van der Waals surface area contributed by atoms with Crippen LogP contribution in [-0.2, 0) is 4.79 Å². The van der Waals surface area contributed by atoms with E-state index in [0.29, 0.717) is 17.8 Å². The molecule has 0 radical (unpaired) electrons. The summed E-state index contributed by atoms with van der Waals surface area (Å²) in [5, 5.41) is 2.82. The van der Waals surface area contributed by atoms with Gasteiger partial charge in [0.25, 0.3) is 5.91 Å². The van der Waals surface area contributed by atoms with Crippen molar-refractivity contribution in [1.29, 1.82) is 0 Å². The molecule has 1 aliphatic rings. The van der Waals surface area contributed by atoms with Crippen molar-refractivity contribution in [1.82, 2.24) is 4.90 Å². The van der Waals surface area contributed by atoms with Crippen LogP contribution >= 0.6 is 11.8 Å². The number of hydrogen-bond donors (Lipinski definition) is 2. The fraction of sp³-hybridized carbons (Fsp3) is 0.467. The van der Waals surface area contributed by atoms with Crippen molar-refractivity contribution in [2.45, 2.75) is 13.3 Å². The summed E-state index contributed by atoms with van der Waals surface area (Å²) < 4.78 is 0. The summed E-state index contributed by atoms with van der Waals surface area (Å²) in [4.78, 5) is 26.1. The first kappa shape index (κ1) is 15.9. The van der Waals surface area contributed by atoms with Crippen molar-refractivity contribution in [2.75, 3.05) is 36.5 Å². The minimum atomic E-state index is -0.125. The van der Waals surface area contributed by atoms with Crippen LogP contribution in [0.3, 0.4) is 0 Å². The summed E-state index contributed by atoms with van der Waals surface area (Å²) in [5.74, 6) is 1.89. The third-order valence-electron chi connectivity index (χ3n) is 3.51. The van der Waals surface area contributed by atoms with Crippen LogP contribution in [0.15, 0.2) is 18.2 Å². The molecule has 3 N–H and O–H groups in total. The second kappa shape index (κ2) is 7.47. The molecular weight excluding hydrogens is 286 g/mol. The summed E-state index contributed by atoms with van der Waals surface area (Å²) in [7, 11) is 0. The average molecular weight is 307 g/mol. The Kier molecular flexibility index (Phi) is 5.64. The fourth-order valence-corrected chi connectivity index (χ4v) is 3.19. The Morgan fingerprint density at radius 2 is 2.05 bits per heavy atom. The second-order valence-corrected chi connectivity index (χ2v) is 6.19. The highest BCUT2D eigenvalue weighted by Gasteiger charge is 2.21.